The molecule has 8 nitrogen and oxygen atoms in total. The summed E-state index contributed by atoms with van der Waals surface area (Å²) in [6, 6.07) is 14.1. The van der Waals surface area contributed by atoms with Crippen molar-refractivity contribution in [3.63, 3.8) is 0 Å². The second-order valence-electron chi connectivity index (χ2n) is 8.58. The van der Waals surface area contributed by atoms with Gasteiger partial charge in [-0.15, -0.1) is 0 Å². The Labute approximate surface area is 203 Å². The first-order valence-corrected chi connectivity index (χ1v) is 12.4. The van der Waals surface area contributed by atoms with Gasteiger partial charge in [0.25, 0.3) is 0 Å². The highest BCUT2D eigenvalue weighted by Gasteiger charge is 2.22. The van der Waals surface area contributed by atoms with E-state index in [1.807, 2.05) is 12.1 Å². The molecular formula is C25H29N5O3S. The van der Waals surface area contributed by atoms with Gasteiger partial charge < -0.3 is 25.4 Å². The highest BCUT2D eigenvalue weighted by Crippen LogP contribution is 2.35. The van der Waals surface area contributed by atoms with Gasteiger partial charge in [0.2, 0.25) is 12.6 Å². The number of benzene rings is 2. The van der Waals surface area contributed by atoms with Crippen molar-refractivity contribution < 1.29 is 14.3 Å². The van der Waals surface area contributed by atoms with Crippen LogP contribution in [-0.2, 0) is 0 Å². The van der Waals surface area contributed by atoms with Crippen molar-refractivity contribution in [1.29, 1.82) is 0 Å². The zero-order chi connectivity index (χ0) is 23.7. The van der Waals surface area contributed by atoms with Gasteiger partial charge in [-0.05, 0) is 55.8 Å². The lowest BCUT2D eigenvalue weighted by Crippen LogP contribution is -2.49. The largest absolute Gasteiger partial charge is 0.454 e. The molecule has 1 atom stereocenters. The molecule has 0 aliphatic carbocycles. The molecule has 9 heteroatoms. The molecule has 1 fully saturated rings. The monoisotopic (exact) mass is 479 g/mol. The number of ether oxygens (including phenoxy) is 2. The number of ketones is 1. The molecule has 5 rings (SSSR count). The van der Waals surface area contributed by atoms with E-state index in [0.717, 1.165) is 31.9 Å². The summed E-state index contributed by atoms with van der Waals surface area (Å²) in [5.74, 6) is 1.23. The standard InChI is InChI=1S/C25H29N5O3S/c1-3-16(2)29-10-12-30(13-11-29)19-7-5-18(6-8-19)27-25-28-24(26)23(34-25)22(31)17-4-9-20-21(14-17)33-15-32-20/h4-9,14,16H,3,10-13,15,26H2,1-2H3,(H,27,28). The van der Waals surface area contributed by atoms with Crippen LogP contribution in [0.2, 0.25) is 0 Å². The Morgan fingerprint density at radius 2 is 1.85 bits per heavy atom. The highest BCUT2D eigenvalue weighted by molar-refractivity contribution is 7.18. The van der Waals surface area contributed by atoms with E-state index < -0.39 is 0 Å². The van der Waals surface area contributed by atoms with Crippen molar-refractivity contribution in [2.24, 2.45) is 0 Å². The van der Waals surface area contributed by atoms with Crippen LogP contribution in [0, 0.1) is 0 Å². The molecule has 3 N–H and O–H groups in total. The van der Waals surface area contributed by atoms with E-state index in [4.69, 9.17) is 15.2 Å². The number of aromatic nitrogens is 1. The third-order valence-electron chi connectivity index (χ3n) is 6.51. The molecule has 3 heterocycles. The molecule has 178 valence electrons. The maximum Gasteiger partial charge on any atom is 0.231 e. The van der Waals surface area contributed by atoms with Gasteiger partial charge in [0.1, 0.15) is 10.7 Å². The van der Waals surface area contributed by atoms with E-state index in [0.29, 0.717) is 33.1 Å². The number of anilines is 4. The van der Waals surface area contributed by atoms with Crippen LogP contribution >= 0.6 is 11.3 Å². The number of nitrogens with one attached hydrogen (secondary N) is 1. The van der Waals surface area contributed by atoms with E-state index in [1.165, 1.54) is 23.4 Å². The van der Waals surface area contributed by atoms with Crippen molar-refractivity contribution in [2.45, 2.75) is 26.3 Å². The quantitative estimate of drug-likeness (QED) is 0.483. The second-order valence-corrected chi connectivity index (χ2v) is 9.58. The molecule has 2 aliphatic heterocycles. The first-order chi connectivity index (χ1) is 16.5. The SMILES string of the molecule is CCC(C)N1CCN(c2ccc(Nc3nc(N)c(C(=O)c4ccc5c(c4)OCO5)s3)cc2)CC1. The number of nitrogen functional groups attached to an aromatic ring is 1. The van der Waals surface area contributed by atoms with Crippen LogP contribution < -0.4 is 25.4 Å². The van der Waals surface area contributed by atoms with Gasteiger partial charge in [-0.1, -0.05) is 18.3 Å². The number of hydrogen-bond acceptors (Lipinski definition) is 9. The third-order valence-corrected chi connectivity index (χ3v) is 7.49. The highest BCUT2D eigenvalue weighted by atomic mass is 32.1. The van der Waals surface area contributed by atoms with Crippen LogP contribution in [0.1, 0.15) is 35.5 Å². The number of fused-ring (bicyclic) bond motifs is 1. The normalized spacial score (nSPS) is 16.5. The van der Waals surface area contributed by atoms with Crippen LogP contribution in [0.5, 0.6) is 11.5 Å². The van der Waals surface area contributed by atoms with Gasteiger partial charge in [-0.25, -0.2) is 4.98 Å². The molecule has 0 radical (unpaired) electrons. The van der Waals surface area contributed by atoms with Crippen molar-refractivity contribution in [2.75, 3.05) is 48.9 Å². The van der Waals surface area contributed by atoms with Crippen LogP contribution in [0.25, 0.3) is 0 Å². The van der Waals surface area contributed by atoms with Crippen molar-refractivity contribution in [3.05, 3.63) is 52.9 Å². The predicted molar refractivity (Wildman–Crippen MR) is 136 cm³/mol. The number of nitrogens with zero attached hydrogens (tertiary/aromatic N) is 3. The summed E-state index contributed by atoms with van der Waals surface area (Å²) in [4.78, 5) is 22.7. The van der Waals surface area contributed by atoms with E-state index in [2.05, 4.69) is 46.1 Å². The number of rotatable bonds is 7. The Hall–Kier alpha value is -3.30. The number of carbonyl (C=O) groups excluding carboxylic acids is 1. The van der Waals surface area contributed by atoms with Crippen LogP contribution in [-0.4, -0.2) is 54.7 Å². The number of thiazole rings is 1. The number of hydrogen-bond donors (Lipinski definition) is 2. The van der Waals surface area contributed by atoms with Crippen molar-refractivity contribution in [3.8, 4) is 11.5 Å². The van der Waals surface area contributed by atoms with Gasteiger partial charge in [0.05, 0.1) is 0 Å². The molecule has 3 aromatic rings. The Balaban J connectivity index is 1.23. The summed E-state index contributed by atoms with van der Waals surface area (Å²) < 4.78 is 10.7. The van der Waals surface area contributed by atoms with E-state index in [9.17, 15) is 4.79 Å². The molecule has 2 aliphatic rings. The predicted octanol–water partition coefficient (Wildman–Crippen LogP) is 4.35. The lowest BCUT2D eigenvalue weighted by atomic mass is 10.1. The Morgan fingerprint density at radius 3 is 2.59 bits per heavy atom. The molecule has 1 saturated heterocycles. The number of nitrogens with two attached hydrogens (primary N) is 1. The molecule has 2 aromatic carbocycles. The fraction of sp³-hybridized carbons (Fsp3) is 0.360. The van der Waals surface area contributed by atoms with Gasteiger partial charge in [0.15, 0.2) is 16.6 Å². The average molecular weight is 480 g/mol. The maximum absolute atomic E-state index is 13.0. The van der Waals surface area contributed by atoms with E-state index in [-0.39, 0.29) is 18.4 Å². The summed E-state index contributed by atoms with van der Waals surface area (Å²) in [5, 5.41) is 3.86. The minimum atomic E-state index is -0.187. The molecular weight excluding hydrogens is 450 g/mol. The molecule has 0 bridgehead atoms. The molecule has 0 saturated carbocycles. The Morgan fingerprint density at radius 1 is 1.12 bits per heavy atom. The van der Waals surface area contributed by atoms with Crippen LogP contribution in [0.4, 0.5) is 22.3 Å². The summed E-state index contributed by atoms with van der Waals surface area (Å²) in [7, 11) is 0. The van der Waals surface area contributed by atoms with E-state index >= 15 is 0 Å². The van der Waals surface area contributed by atoms with Crippen LogP contribution in [0.3, 0.4) is 0 Å². The van der Waals surface area contributed by atoms with Gasteiger partial charge in [-0.3, -0.25) is 9.69 Å². The molecule has 1 unspecified atom stereocenters. The summed E-state index contributed by atoms with van der Waals surface area (Å²) in [5.41, 5.74) is 8.69. The number of carbonyl (C=O) groups is 1. The molecule has 0 amide bonds. The molecule has 34 heavy (non-hydrogen) atoms. The number of piperazine rings is 1. The summed E-state index contributed by atoms with van der Waals surface area (Å²) in [6.45, 7) is 8.96. The van der Waals surface area contributed by atoms with E-state index in [1.54, 1.807) is 18.2 Å². The van der Waals surface area contributed by atoms with Crippen molar-refractivity contribution in [1.82, 2.24) is 9.88 Å². The van der Waals surface area contributed by atoms with Gasteiger partial charge >= 0.3 is 0 Å². The molecule has 0 spiro atoms. The topological polar surface area (TPSA) is 93.0 Å². The van der Waals surface area contributed by atoms with Crippen molar-refractivity contribution >= 4 is 39.4 Å². The minimum absolute atomic E-state index is 0.163. The lowest BCUT2D eigenvalue weighted by Gasteiger charge is -2.39. The van der Waals surface area contributed by atoms with Gasteiger partial charge in [-0.2, -0.15) is 0 Å². The summed E-state index contributed by atoms with van der Waals surface area (Å²) in [6.07, 6.45) is 1.19. The Bertz CT molecular complexity index is 1170. The zero-order valence-electron chi connectivity index (χ0n) is 19.4. The minimum Gasteiger partial charge on any atom is -0.454 e. The first kappa shape index (κ1) is 22.5. The fourth-order valence-corrected chi connectivity index (χ4v) is 5.14. The fourth-order valence-electron chi connectivity index (χ4n) is 4.28. The molecule has 1 aromatic heterocycles. The van der Waals surface area contributed by atoms with Crippen LogP contribution in [0.15, 0.2) is 42.5 Å². The Kier molecular flexibility index (Phi) is 6.30. The zero-order valence-corrected chi connectivity index (χ0v) is 20.2. The lowest BCUT2D eigenvalue weighted by molar-refractivity contribution is 0.104. The second kappa shape index (κ2) is 9.52. The maximum atomic E-state index is 13.0. The summed E-state index contributed by atoms with van der Waals surface area (Å²) >= 11 is 1.24. The average Bonchev–Trinajstić information content (AvgIpc) is 3.49. The van der Waals surface area contributed by atoms with Gasteiger partial charge in [0, 0.05) is 49.2 Å². The first-order valence-electron chi connectivity index (χ1n) is 11.6. The third kappa shape index (κ3) is 4.53. The smallest absolute Gasteiger partial charge is 0.231 e.